The van der Waals surface area contributed by atoms with Crippen molar-refractivity contribution in [1.29, 1.82) is 0 Å². The van der Waals surface area contributed by atoms with Gasteiger partial charge in [0.15, 0.2) is 0 Å². The van der Waals surface area contributed by atoms with Crippen molar-refractivity contribution in [3.05, 3.63) is 0 Å². The van der Waals surface area contributed by atoms with E-state index in [1.807, 2.05) is 0 Å². The number of rotatable bonds is 7. The molecule has 1 heterocycles. The van der Waals surface area contributed by atoms with Gasteiger partial charge in [-0.15, -0.1) is 0 Å². The molecule has 1 aliphatic heterocycles. The van der Waals surface area contributed by atoms with Crippen LogP contribution in [0.25, 0.3) is 0 Å². The van der Waals surface area contributed by atoms with Crippen molar-refractivity contribution >= 4 is 0 Å². The lowest BCUT2D eigenvalue weighted by Gasteiger charge is -2.27. The monoisotopic (exact) mass is 226 g/mol. The number of hydrogen-bond acceptors (Lipinski definition) is 3. The Bertz CT molecular complexity index is 188. The maximum absolute atomic E-state index is 5.19. The fourth-order valence-electron chi connectivity index (χ4n) is 2.64. The maximum Gasteiger partial charge on any atom is 0.0589 e. The van der Waals surface area contributed by atoms with E-state index in [2.05, 4.69) is 10.2 Å². The lowest BCUT2D eigenvalue weighted by atomic mass is 9.94. The Morgan fingerprint density at radius 3 is 2.50 bits per heavy atom. The maximum atomic E-state index is 5.19. The Morgan fingerprint density at radius 1 is 1.12 bits per heavy atom. The van der Waals surface area contributed by atoms with Crippen LogP contribution in [0, 0.1) is 5.92 Å². The number of hydrogen-bond donors (Lipinski definition) is 1. The number of nitrogens with one attached hydrogen (secondary N) is 1. The van der Waals surface area contributed by atoms with E-state index in [4.69, 9.17) is 4.74 Å². The highest BCUT2D eigenvalue weighted by Crippen LogP contribution is 2.27. The van der Waals surface area contributed by atoms with E-state index in [9.17, 15) is 0 Å². The number of ether oxygens (including phenoxy) is 1. The molecule has 1 saturated carbocycles. The van der Waals surface area contributed by atoms with E-state index in [0.717, 1.165) is 25.1 Å². The molecule has 94 valence electrons. The zero-order chi connectivity index (χ0) is 11.2. The highest BCUT2D eigenvalue weighted by atomic mass is 16.5. The summed E-state index contributed by atoms with van der Waals surface area (Å²) in [5.74, 6) is 0.963. The summed E-state index contributed by atoms with van der Waals surface area (Å²) in [5, 5.41) is 3.44. The van der Waals surface area contributed by atoms with Gasteiger partial charge in [0.2, 0.25) is 0 Å². The molecule has 0 amide bonds. The number of nitrogens with zero attached hydrogens (tertiary/aromatic N) is 1. The smallest absolute Gasteiger partial charge is 0.0589 e. The van der Waals surface area contributed by atoms with Crippen LogP contribution in [-0.2, 0) is 4.74 Å². The van der Waals surface area contributed by atoms with E-state index < -0.39 is 0 Å². The summed E-state index contributed by atoms with van der Waals surface area (Å²) in [6.07, 6.45) is 6.97. The zero-order valence-corrected chi connectivity index (χ0v) is 10.6. The van der Waals surface area contributed by atoms with Crippen LogP contribution >= 0.6 is 0 Å². The lowest BCUT2D eigenvalue weighted by molar-refractivity contribution is 0.137. The van der Waals surface area contributed by atoms with Crippen molar-refractivity contribution in [1.82, 2.24) is 10.2 Å². The molecule has 0 radical (unpaired) electrons. The lowest BCUT2D eigenvalue weighted by Crippen LogP contribution is -2.34. The zero-order valence-electron chi connectivity index (χ0n) is 10.6. The van der Waals surface area contributed by atoms with Gasteiger partial charge in [0.05, 0.1) is 6.61 Å². The summed E-state index contributed by atoms with van der Waals surface area (Å²) in [4.78, 5) is 2.64. The topological polar surface area (TPSA) is 24.5 Å². The van der Waals surface area contributed by atoms with E-state index in [1.54, 1.807) is 7.11 Å². The molecule has 16 heavy (non-hydrogen) atoms. The molecule has 2 aliphatic rings. The highest BCUT2D eigenvalue weighted by molar-refractivity contribution is 4.85. The van der Waals surface area contributed by atoms with E-state index >= 15 is 0 Å². The minimum absolute atomic E-state index is 0.886. The van der Waals surface area contributed by atoms with Gasteiger partial charge in [-0.1, -0.05) is 0 Å². The Balaban J connectivity index is 1.64. The first-order valence-corrected chi connectivity index (χ1v) is 6.84. The van der Waals surface area contributed by atoms with Crippen LogP contribution in [0.4, 0.5) is 0 Å². The predicted molar refractivity (Wildman–Crippen MR) is 66.7 cm³/mol. The molecule has 0 spiro atoms. The molecular formula is C13H26N2O. The van der Waals surface area contributed by atoms with Crippen LogP contribution in [0.2, 0.25) is 0 Å². The van der Waals surface area contributed by atoms with Crippen molar-refractivity contribution < 1.29 is 4.74 Å². The number of piperidine rings is 1. The van der Waals surface area contributed by atoms with Crippen molar-refractivity contribution in [3.63, 3.8) is 0 Å². The average Bonchev–Trinajstić information content (AvgIpc) is 3.15. The summed E-state index contributed by atoms with van der Waals surface area (Å²) >= 11 is 0. The Kier molecular flexibility index (Phi) is 5.07. The van der Waals surface area contributed by atoms with Crippen molar-refractivity contribution in [3.8, 4) is 0 Å². The van der Waals surface area contributed by atoms with Crippen LogP contribution in [0.15, 0.2) is 0 Å². The first kappa shape index (κ1) is 12.3. The van der Waals surface area contributed by atoms with Gasteiger partial charge >= 0.3 is 0 Å². The van der Waals surface area contributed by atoms with E-state index in [1.165, 1.54) is 51.7 Å². The van der Waals surface area contributed by atoms with Gasteiger partial charge in [0.1, 0.15) is 0 Å². The minimum atomic E-state index is 0.886. The van der Waals surface area contributed by atoms with Crippen LogP contribution < -0.4 is 5.32 Å². The molecule has 1 aliphatic carbocycles. The second kappa shape index (κ2) is 6.58. The molecule has 2 fully saturated rings. The Hall–Kier alpha value is -0.120. The Morgan fingerprint density at radius 2 is 1.88 bits per heavy atom. The first-order chi connectivity index (χ1) is 7.90. The predicted octanol–water partition coefficient (Wildman–Crippen LogP) is 1.49. The van der Waals surface area contributed by atoms with Crippen molar-refractivity contribution in [2.45, 2.75) is 38.1 Å². The molecule has 3 heteroatoms. The fraction of sp³-hybridized carbons (Fsp3) is 1.00. The average molecular weight is 226 g/mol. The molecule has 0 aromatic heterocycles. The van der Waals surface area contributed by atoms with Crippen LogP contribution in [-0.4, -0.2) is 50.8 Å². The second-order valence-corrected chi connectivity index (χ2v) is 5.24. The van der Waals surface area contributed by atoms with E-state index in [-0.39, 0.29) is 0 Å². The third kappa shape index (κ3) is 4.04. The van der Waals surface area contributed by atoms with Crippen LogP contribution in [0.5, 0.6) is 0 Å². The normalized spacial score (nSPS) is 22.9. The van der Waals surface area contributed by atoms with Gasteiger partial charge in [0.25, 0.3) is 0 Å². The molecule has 2 rings (SSSR count). The number of methoxy groups -OCH3 is 1. The highest BCUT2D eigenvalue weighted by Gasteiger charge is 2.28. The van der Waals surface area contributed by atoms with Gasteiger partial charge in [-0.2, -0.15) is 0 Å². The molecular weight excluding hydrogens is 200 g/mol. The van der Waals surface area contributed by atoms with Gasteiger partial charge < -0.3 is 10.1 Å². The third-order valence-electron chi connectivity index (χ3n) is 3.93. The molecule has 0 aromatic carbocycles. The molecule has 3 nitrogen and oxygen atoms in total. The summed E-state index contributed by atoms with van der Waals surface area (Å²) in [5.41, 5.74) is 0. The van der Waals surface area contributed by atoms with Crippen molar-refractivity contribution in [2.75, 3.05) is 39.9 Å². The summed E-state index contributed by atoms with van der Waals surface area (Å²) in [7, 11) is 1.80. The summed E-state index contributed by atoms with van der Waals surface area (Å²) in [6, 6.07) is 0.886. The van der Waals surface area contributed by atoms with Gasteiger partial charge in [-0.3, -0.25) is 4.90 Å². The molecule has 0 bridgehead atoms. The minimum Gasteiger partial charge on any atom is -0.383 e. The molecule has 0 aromatic rings. The van der Waals surface area contributed by atoms with E-state index in [0.29, 0.717) is 0 Å². The molecule has 0 atom stereocenters. The molecule has 1 N–H and O–H groups in total. The first-order valence-electron chi connectivity index (χ1n) is 6.84. The van der Waals surface area contributed by atoms with Crippen LogP contribution in [0.3, 0.4) is 0 Å². The largest absolute Gasteiger partial charge is 0.383 e. The third-order valence-corrected chi connectivity index (χ3v) is 3.93. The second-order valence-electron chi connectivity index (χ2n) is 5.24. The molecule has 1 saturated heterocycles. The summed E-state index contributed by atoms with van der Waals surface area (Å²) < 4.78 is 5.19. The quantitative estimate of drug-likeness (QED) is 0.712. The van der Waals surface area contributed by atoms with Crippen LogP contribution in [0.1, 0.15) is 32.1 Å². The fourth-order valence-corrected chi connectivity index (χ4v) is 2.64. The summed E-state index contributed by atoms with van der Waals surface area (Å²) in [6.45, 7) is 5.77. The SMILES string of the molecule is COCCN(CCC1CCNCC1)C1CC1. The van der Waals surface area contributed by atoms with Gasteiger partial charge in [-0.05, 0) is 57.7 Å². The van der Waals surface area contributed by atoms with Crippen molar-refractivity contribution in [2.24, 2.45) is 5.92 Å². The Labute approximate surface area is 99.5 Å². The van der Waals surface area contributed by atoms with Gasteiger partial charge in [-0.25, -0.2) is 0 Å². The standard InChI is InChI=1S/C13H26N2O/c1-16-11-10-15(13-2-3-13)9-6-12-4-7-14-8-5-12/h12-14H,2-11H2,1H3. The molecule has 0 unspecified atom stereocenters. The van der Waals surface area contributed by atoms with Gasteiger partial charge in [0, 0.05) is 19.7 Å².